The summed E-state index contributed by atoms with van der Waals surface area (Å²) in [6.07, 6.45) is 1.61. The van der Waals surface area contributed by atoms with E-state index in [1.54, 1.807) is 43.3 Å². The molecular weight excluding hydrogens is 668 g/mol. The first-order valence-corrected chi connectivity index (χ1v) is 17.8. The third kappa shape index (κ3) is 11.2. The van der Waals surface area contributed by atoms with Crippen molar-refractivity contribution in [2.75, 3.05) is 77.6 Å². The lowest BCUT2D eigenvalue weighted by Crippen LogP contribution is -2.47. The molecule has 0 amide bonds. The Hall–Kier alpha value is -5.00. The number of benzene rings is 4. The summed E-state index contributed by atoms with van der Waals surface area (Å²) in [5.74, 6) is -0.295. The van der Waals surface area contributed by atoms with Crippen molar-refractivity contribution in [2.45, 2.75) is 26.3 Å². The molecular formula is C41H47F2N3O6. The number of carbonyl (C=O) groups excluding carboxylic acids is 2. The first-order valence-electron chi connectivity index (χ1n) is 17.8. The van der Waals surface area contributed by atoms with E-state index in [9.17, 15) is 18.4 Å². The predicted molar refractivity (Wildman–Crippen MR) is 196 cm³/mol. The summed E-state index contributed by atoms with van der Waals surface area (Å²) in [5.41, 5.74) is 3.59. The van der Waals surface area contributed by atoms with Gasteiger partial charge in [0.2, 0.25) is 0 Å². The van der Waals surface area contributed by atoms with Crippen LogP contribution in [0.25, 0.3) is 0 Å². The van der Waals surface area contributed by atoms with Crippen LogP contribution in [0, 0.1) is 11.6 Å². The van der Waals surface area contributed by atoms with Gasteiger partial charge in [-0.25, -0.2) is 18.4 Å². The molecule has 0 atom stereocenters. The van der Waals surface area contributed by atoms with Crippen LogP contribution in [0.3, 0.4) is 0 Å². The number of methoxy groups -OCH3 is 1. The summed E-state index contributed by atoms with van der Waals surface area (Å²) < 4.78 is 49.8. The van der Waals surface area contributed by atoms with Gasteiger partial charge in [0.05, 0.1) is 37.1 Å². The van der Waals surface area contributed by atoms with E-state index >= 15 is 0 Å². The average molecular weight is 716 g/mol. The van der Waals surface area contributed by atoms with Crippen LogP contribution in [0.15, 0.2) is 91.0 Å². The molecule has 11 heteroatoms. The molecule has 52 heavy (non-hydrogen) atoms. The van der Waals surface area contributed by atoms with Crippen molar-refractivity contribution in [3.8, 4) is 11.5 Å². The Balaban J connectivity index is 1.12. The van der Waals surface area contributed by atoms with E-state index < -0.39 is 11.6 Å². The number of esters is 2. The molecule has 1 aliphatic rings. The van der Waals surface area contributed by atoms with E-state index in [-0.39, 0.29) is 11.9 Å². The number of anilines is 1. The molecule has 0 aromatic heterocycles. The van der Waals surface area contributed by atoms with Crippen LogP contribution in [0.4, 0.5) is 14.5 Å². The summed E-state index contributed by atoms with van der Waals surface area (Å²) in [6.45, 7) is 8.98. The third-order valence-corrected chi connectivity index (χ3v) is 8.99. The highest BCUT2D eigenvalue weighted by Crippen LogP contribution is 2.23. The average Bonchev–Trinajstić information content (AvgIpc) is 3.16. The zero-order valence-corrected chi connectivity index (χ0v) is 29.9. The molecule has 0 spiro atoms. The van der Waals surface area contributed by atoms with Crippen molar-refractivity contribution in [2.24, 2.45) is 0 Å². The first-order chi connectivity index (χ1) is 25.3. The third-order valence-electron chi connectivity index (χ3n) is 8.99. The second kappa shape index (κ2) is 19.6. The molecule has 0 N–H and O–H groups in total. The zero-order chi connectivity index (χ0) is 36.7. The zero-order valence-electron chi connectivity index (χ0n) is 29.9. The van der Waals surface area contributed by atoms with Crippen molar-refractivity contribution < 1.29 is 37.3 Å². The fourth-order valence-corrected chi connectivity index (χ4v) is 6.14. The van der Waals surface area contributed by atoms with Crippen molar-refractivity contribution in [3.05, 3.63) is 125 Å². The maximum atomic E-state index is 14.2. The summed E-state index contributed by atoms with van der Waals surface area (Å²) in [6, 6.07) is 26.2. The van der Waals surface area contributed by atoms with Crippen LogP contribution in [0.1, 0.15) is 45.2 Å². The minimum absolute atomic E-state index is 0.319. The van der Waals surface area contributed by atoms with E-state index in [1.165, 1.54) is 19.2 Å². The van der Waals surface area contributed by atoms with Crippen molar-refractivity contribution in [1.29, 1.82) is 0 Å². The molecule has 0 aliphatic carbocycles. The SMILES string of the molecule is CCOC(=O)c1ccc(OCCN(CCc2ccccc2OCCCN2CCN(c3ccc(F)cc3F)CC2)Cc2ccc(C(=O)OC)cc2)cc1. The smallest absolute Gasteiger partial charge is 0.338 e. The number of nitrogens with zero attached hydrogens (tertiary/aromatic N) is 3. The number of hydrogen-bond acceptors (Lipinski definition) is 9. The molecule has 0 bridgehead atoms. The Morgan fingerprint density at radius 3 is 2.21 bits per heavy atom. The lowest BCUT2D eigenvalue weighted by molar-refractivity contribution is 0.0525. The van der Waals surface area contributed by atoms with Crippen molar-refractivity contribution in [3.63, 3.8) is 0 Å². The van der Waals surface area contributed by atoms with Gasteiger partial charge in [-0.05, 0) is 85.5 Å². The van der Waals surface area contributed by atoms with E-state index in [4.69, 9.17) is 18.9 Å². The Labute approximate surface area is 304 Å². The predicted octanol–water partition coefficient (Wildman–Crippen LogP) is 6.64. The molecule has 276 valence electrons. The fourth-order valence-electron chi connectivity index (χ4n) is 6.14. The first kappa shape index (κ1) is 38.2. The summed E-state index contributed by atoms with van der Waals surface area (Å²) in [7, 11) is 1.37. The maximum absolute atomic E-state index is 14.2. The topological polar surface area (TPSA) is 80.8 Å². The second-order valence-corrected chi connectivity index (χ2v) is 12.5. The van der Waals surface area contributed by atoms with Crippen LogP contribution in [0.5, 0.6) is 11.5 Å². The normalized spacial score (nSPS) is 13.2. The molecule has 5 rings (SSSR count). The number of rotatable bonds is 18. The highest BCUT2D eigenvalue weighted by atomic mass is 19.1. The molecule has 0 radical (unpaired) electrons. The second-order valence-electron chi connectivity index (χ2n) is 12.5. The molecule has 0 saturated carbocycles. The Kier molecular flexibility index (Phi) is 14.4. The van der Waals surface area contributed by atoms with Gasteiger partial charge in [-0.1, -0.05) is 30.3 Å². The minimum Gasteiger partial charge on any atom is -0.493 e. The van der Waals surface area contributed by atoms with Crippen LogP contribution >= 0.6 is 0 Å². The van der Waals surface area contributed by atoms with Crippen LogP contribution in [-0.4, -0.2) is 94.5 Å². The highest BCUT2D eigenvalue weighted by molar-refractivity contribution is 5.89. The number of para-hydroxylation sites is 1. The number of ether oxygens (including phenoxy) is 4. The number of carbonyl (C=O) groups is 2. The Morgan fingerprint density at radius 1 is 0.788 bits per heavy atom. The summed E-state index contributed by atoms with van der Waals surface area (Å²) in [5, 5.41) is 0. The van der Waals surface area contributed by atoms with Crippen molar-refractivity contribution in [1.82, 2.24) is 9.80 Å². The Morgan fingerprint density at radius 2 is 1.50 bits per heavy atom. The Bertz CT molecular complexity index is 1730. The van der Waals surface area contributed by atoms with E-state index in [1.807, 2.05) is 35.2 Å². The molecule has 1 heterocycles. The van der Waals surface area contributed by atoms with E-state index in [0.717, 1.165) is 62.0 Å². The lowest BCUT2D eigenvalue weighted by atomic mass is 10.1. The van der Waals surface area contributed by atoms with Crippen LogP contribution in [0.2, 0.25) is 0 Å². The van der Waals surface area contributed by atoms with Gasteiger partial charge in [0, 0.05) is 58.4 Å². The van der Waals surface area contributed by atoms with E-state index in [0.29, 0.717) is 68.6 Å². The molecule has 0 unspecified atom stereocenters. The summed E-state index contributed by atoms with van der Waals surface area (Å²) in [4.78, 5) is 30.6. The number of piperazine rings is 1. The van der Waals surface area contributed by atoms with Gasteiger partial charge in [-0.2, -0.15) is 0 Å². The van der Waals surface area contributed by atoms with Gasteiger partial charge in [0.25, 0.3) is 0 Å². The molecule has 1 saturated heterocycles. The van der Waals surface area contributed by atoms with Gasteiger partial charge in [-0.3, -0.25) is 9.80 Å². The molecule has 4 aromatic rings. The molecule has 9 nitrogen and oxygen atoms in total. The molecule has 1 fully saturated rings. The van der Waals surface area contributed by atoms with Gasteiger partial charge in [0.1, 0.15) is 29.7 Å². The number of hydrogen-bond donors (Lipinski definition) is 0. The van der Waals surface area contributed by atoms with Crippen LogP contribution < -0.4 is 14.4 Å². The highest BCUT2D eigenvalue weighted by Gasteiger charge is 2.20. The monoisotopic (exact) mass is 715 g/mol. The summed E-state index contributed by atoms with van der Waals surface area (Å²) >= 11 is 0. The molecule has 1 aliphatic heterocycles. The van der Waals surface area contributed by atoms with Crippen LogP contribution in [-0.2, 0) is 22.4 Å². The quantitative estimate of drug-likeness (QED) is 0.0832. The maximum Gasteiger partial charge on any atom is 0.338 e. The van der Waals surface area contributed by atoms with Gasteiger partial charge >= 0.3 is 11.9 Å². The van der Waals surface area contributed by atoms with Gasteiger partial charge in [0.15, 0.2) is 0 Å². The standard InChI is InChI=1S/C41H47F2N3O6/c1-3-50-41(48)34-13-16-36(17-14-34)51-28-26-45(30-31-9-11-33(12-10-31)40(47)49-2)21-19-32-7-4-5-8-39(32)52-27-6-20-44-22-24-46(25-23-44)38-18-15-35(42)29-37(38)43/h4-5,7-18,29H,3,6,19-28,30H2,1-2H3. The lowest BCUT2D eigenvalue weighted by Gasteiger charge is -2.36. The van der Waals surface area contributed by atoms with E-state index in [2.05, 4.69) is 15.9 Å². The van der Waals surface area contributed by atoms with Crippen molar-refractivity contribution >= 4 is 17.6 Å². The van der Waals surface area contributed by atoms with Gasteiger partial charge in [-0.15, -0.1) is 0 Å². The fraction of sp³-hybridized carbons (Fsp3) is 0.366. The largest absolute Gasteiger partial charge is 0.493 e. The van der Waals surface area contributed by atoms with Gasteiger partial charge < -0.3 is 23.8 Å². The minimum atomic E-state index is -0.565. The molecule has 4 aromatic carbocycles. The number of halogens is 2.